The lowest BCUT2D eigenvalue weighted by Gasteiger charge is -2.04. The number of carbonyl (C=O) groups excluding carboxylic acids is 1. The van der Waals surface area contributed by atoms with Gasteiger partial charge in [-0.3, -0.25) is 0 Å². The maximum atomic E-state index is 11.2. The van der Waals surface area contributed by atoms with Crippen LogP contribution in [0.2, 0.25) is 0 Å². The SMILES string of the molecule is CCOC(=O)c1cccc(I)c1O. The molecule has 0 aliphatic carbocycles. The summed E-state index contributed by atoms with van der Waals surface area (Å²) in [4.78, 5) is 11.2. The molecule has 0 saturated carbocycles. The van der Waals surface area contributed by atoms with Gasteiger partial charge in [0.25, 0.3) is 0 Å². The zero-order chi connectivity index (χ0) is 9.84. The third-order valence-electron chi connectivity index (χ3n) is 1.48. The van der Waals surface area contributed by atoms with E-state index < -0.39 is 5.97 Å². The van der Waals surface area contributed by atoms with Crippen molar-refractivity contribution in [2.45, 2.75) is 6.92 Å². The molecule has 1 aromatic carbocycles. The Bertz CT molecular complexity index is 323. The fraction of sp³-hybridized carbons (Fsp3) is 0.222. The number of phenolic OH excluding ortho intramolecular Hbond substituents is 1. The Hall–Kier alpha value is -0.780. The summed E-state index contributed by atoms with van der Waals surface area (Å²) in [6, 6.07) is 4.96. The number of aromatic hydroxyl groups is 1. The van der Waals surface area contributed by atoms with Gasteiger partial charge in [-0.05, 0) is 41.6 Å². The van der Waals surface area contributed by atoms with Gasteiger partial charge in [-0.25, -0.2) is 4.79 Å². The Morgan fingerprint density at radius 2 is 2.31 bits per heavy atom. The van der Waals surface area contributed by atoms with Crippen LogP contribution in [0.3, 0.4) is 0 Å². The molecule has 13 heavy (non-hydrogen) atoms. The highest BCUT2D eigenvalue weighted by Gasteiger charge is 2.13. The quantitative estimate of drug-likeness (QED) is 0.671. The number of phenols is 1. The molecule has 0 aliphatic heterocycles. The van der Waals surface area contributed by atoms with Crippen LogP contribution in [-0.2, 0) is 4.74 Å². The van der Waals surface area contributed by atoms with Crippen molar-refractivity contribution in [1.82, 2.24) is 0 Å². The summed E-state index contributed by atoms with van der Waals surface area (Å²) >= 11 is 1.95. The predicted molar refractivity (Wildman–Crippen MR) is 56.8 cm³/mol. The van der Waals surface area contributed by atoms with Crippen molar-refractivity contribution in [2.75, 3.05) is 6.61 Å². The summed E-state index contributed by atoms with van der Waals surface area (Å²) in [7, 11) is 0. The van der Waals surface area contributed by atoms with E-state index in [0.717, 1.165) is 0 Å². The van der Waals surface area contributed by atoms with E-state index in [9.17, 15) is 9.90 Å². The highest BCUT2D eigenvalue weighted by Crippen LogP contribution is 2.24. The van der Waals surface area contributed by atoms with E-state index in [0.29, 0.717) is 10.2 Å². The second-order valence-electron chi connectivity index (χ2n) is 2.36. The van der Waals surface area contributed by atoms with E-state index in [1.165, 1.54) is 6.07 Å². The first-order valence-corrected chi connectivity index (χ1v) is 4.89. The third kappa shape index (κ3) is 2.33. The fourth-order valence-electron chi connectivity index (χ4n) is 0.889. The third-order valence-corrected chi connectivity index (χ3v) is 2.35. The van der Waals surface area contributed by atoms with Gasteiger partial charge in [-0.2, -0.15) is 0 Å². The molecule has 1 aromatic rings. The number of hydrogen-bond donors (Lipinski definition) is 1. The van der Waals surface area contributed by atoms with Crippen molar-refractivity contribution < 1.29 is 14.6 Å². The number of carbonyl (C=O) groups is 1. The Labute approximate surface area is 89.9 Å². The van der Waals surface area contributed by atoms with Gasteiger partial charge in [0.1, 0.15) is 11.3 Å². The van der Waals surface area contributed by atoms with Crippen LogP contribution in [0.4, 0.5) is 0 Å². The van der Waals surface area contributed by atoms with Crippen molar-refractivity contribution in [3.8, 4) is 5.75 Å². The number of ether oxygens (including phenoxy) is 1. The Morgan fingerprint density at radius 3 is 2.92 bits per heavy atom. The molecule has 1 rings (SSSR count). The molecule has 0 fully saturated rings. The molecular formula is C9H9IO3. The van der Waals surface area contributed by atoms with Gasteiger partial charge in [-0.15, -0.1) is 0 Å². The van der Waals surface area contributed by atoms with E-state index in [-0.39, 0.29) is 11.3 Å². The Kier molecular flexibility index (Phi) is 3.53. The first-order chi connectivity index (χ1) is 6.16. The topological polar surface area (TPSA) is 46.5 Å². The largest absolute Gasteiger partial charge is 0.506 e. The standard InChI is InChI=1S/C9H9IO3/c1-2-13-9(12)6-4-3-5-7(10)8(6)11/h3-5,11H,2H2,1H3. The molecule has 0 bridgehead atoms. The van der Waals surface area contributed by atoms with Gasteiger partial charge in [-0.1, -0.05) is 6.07 Å². The van der Waals surface area contributed by atoms with Crippen LogP contribution in [0.5, 0.6) is 5.75 Å². The molecule has 0 aliphatic rings. The number of esters is 1. The van der Waals surface area contributed by atoms with Crippen LogP contribution in [0.15, 0.2) is 18.2 Å². The van der Waals surface area contributed by atoms with Crippen molar-refractivity contribution in [3.05, 3.63) is 27.3 Å². The molecular weight excluding hydrogens is 283 g/mol. The van der Waals surface area contributed by atoms with E-state index in [1.807, 2.05) is 22.6 Å². The zero-order valence-electron chi connectivity index (χ0n) is 7.08. The molecule has 4 heteroatoms. The number of para-hydroxylation sites is 1. The molecule has 0 atom stereocenters. The normalized spacial score (nSPS) is 9.69. The molecule has 0 saturated heterocycles. The smallest absolute Gasteiger partial charge is 0.341 e. The van der Waals surface area contributed by atoms with Crippen LogP contribution >= 0.6 is 22.6 Å². The monoisotopic (exact) mass is 292 g/mol. The summed E-state index contributed by atoms with van der Waals surface area (Å²) in [5.74, 6) is -0.500. The van der Waals surface area contributed by atoms with Crippen LogP contribution in [-0.4, -0.2) is 17.7 Å². The average molecular weight is 292 g/mol. The van der Waals surface area contributed by atoms with Gasteiger partial charge >= 0.3 is 5.97 Å². The lowest BCUT2D eigenvalue weighted by molar-refractivity contribution is 0.0523. The Morgan fingerprint density at radius 1 is 1.62 bits per heavy atom. The number of halogens is 1. The first kappa shape index (κ1) is 10.3. The molecule has 70 valence electrons. The molecule has 0 heterocycles. The molecule has 0 spiro atoms. The van der Waals surface area contributed by atoms with Crippen LogP contribution in [0, 0.1) is 3.57 Å². The second-order valence-corrected chi connectivity index (χ2v) is 3.52. The molecule has 0 unspecified atom stereocenters. The van der Waals surface area contributed by atoms with E-state index in [1.54, 1.807) is 19.1 Å². The van der Waals surface area contributed by atoms with Gasteiger partial charge in [0.05, 0.1) is 10.2 Å². The number of hydrogen-bond acceptors (Lipinski definition) is 3. The summed E-state index contributed by atoms with van der Waals surface area (Å²) in [6.45, 7) is 2.03. The molecule has 3 nitrogen and oxygen atoms in total. The van der Waals surface area contributed by atoms with Crippen LogP contribution in [0.1, 0.15) is 17.3 Å². The summed E-state index contributed by atoms with van der Waals surface area (Å²) in [5.41, 5.74) is 0.216. The summed E-state index contributed by atoms with van der Waals surface area (Å²) < 4.78 is 5.40. The minimum atomic E-state index is -0.487. The lowest BCUT2D eigenvalue weighted by Crippen LogP contribution is -2.05. The Balaban J connectivity index is 3.01. The van der Waals surface area contributed by atoms with Crippen molar-refractivity contribution >= 4 is 28.6 Å². The van der Waals surface area contributed by atoms with Gasteiger partial charge in [0.2, 0.25) is 0 Å². The van der Waals surface area contributed by atoms with Crippen molar-refractivity contribution in [3.63, 3.8) is 0 Å². The number of benzene rings is 1. The molecule has 0 radical (unpaired) electrons. The second kappa shape index (κ2) is 4.45. The molecule has 0 aromatic heterocycles. The lowest BCUT2D eigenvalue weighted by atomic mass is 10.2. The number of rotatable bonds is 2. The van der Waals surface area contributed by atoms with Gasteiger partial charge in [0, 0.05) is 0 Å². The highest BCUT2D eigenvalue weighted by atomic mass is 127. The molecule has 0 amide bonds. The maximum Gasteiger partial charge on any atom is 0.341 e. The predicted octanol–water partition coefficient (Wildman–Crippen LogP) is 2.17. The van der Waals surface area contributed by atoms with Crippen molar-refractivity contribution in [2.24, 2.45) is 0 Å². The van der Waals surface area contributed by atoms with Crippen molar-refractivity contribution in [1.29, 1.82) is 0 Å². The molecule has 1 N–H and O–H groups in total. The zero-order valence-corrected chi connectivity index (χ0v) is 9.24. The minimum absolute atomic E-state index is 0.0125. The average Bonchev–Trinajstić information content (AvgIpc) is 2.10. The van der Waals surface area contributed by atoms with E-state index in [2.05, 4.69) is 0 Å². The maximum absolute atomic E-state index is 11.2. The fourth-order valence-corrected chi connectivity index (χ4v) is 1.39. The van der Waals surface area contributed by atoms with Crippen LogP contribution in [0.25, 0.3) is 0 Å². The summed E-state index contributed by atoms with van der Waals surface area (Å²) in [6.07, 6.45) is 0. The summed E-state index contributed by atoms with van der Waals surface area (Å²) in [5, 5.41) is 9.49. The minimum Gasteiger partial charge on any atom is -0.506 e. The van der Waals surface area contributed by atoms with Gasteiger partial charge < -0.3 is 9.84 Å². The van der Waals surface area contributed by atoms with Crippen LogP contribution < -0.4 is 0 Å². The van der Waals surface area contributed by atoms with E-state index in [4.69, 9.17) is 4.74 Å². The van der Waals surface area contributed by atoms with E-state index >= 15 is 0 Å². The first-order valence-electron chi connectivity index (χ1n) is 3.81. The van der Waals surface area contributed by atoms with Gasteiger partial charge in [0.15, 0.2) is 0 Å². The highest BCUT2D eigenvalue weighted by molar-refractivity contribution is 14.1.